The maximum atomic E-state index is 12.7. The van der Waals surface area contributed by atoms with Gasteiger partial charge in [0.25, 0.3) is 11.1 Å². The molecule has 1 fully saturated rings. The van der Waals surface area contributed by atoms with Gasteiger partial charge in [0.05, 0.1) is 5.75 Å². The summed E-state index contributed by atoms with van der Waals surface area (Å²) in [6.45, 7) is 4.86. The predicted octanol–water partition coefficient (Wildman–Crippen LogP) is 4.74. The molecule has 0 radical (unpaired) electrons. The Labute approximate surface area is 219 Å². The maximum Gasteiger partial charge on any atom is 0.277 e. The Kier molecular flexibility index (Phi) is 7.51. The van der Waals surface area contributed by atoms with Crippen LogP contribution in [0.2, 0.25) is 0 Å². The highest BCUT2D eigenvalue weighted by atomic mass is 32.2. The first-order chi connectivity index (χ1) is 18.0. The number of carbonyl (C=O) groups excluding carboxylic acids is 2. The van der Waals surface area contributed by atoms with Crippen molar-refractivity contribution in [3.05, 3.63) is 90.0 Å². The lowest BCUT2D eigenvalue weighted by Gasteiger charge is -2.36. The van der Waals surface area contributed by atoms with Gasteiger partial charge in [-0.2, -0.15) is 0 Å². The number of benzene rings is 3. The molecule has 1 N–H and O–H groups in total. The van der Waals surface area contributed by atoms with Crippen molar-refractivity contribution in [3.8, 4) is 11.5 Å². The third kappa shape index (κ3) is 6.18. The third-order valence-corrected chi connectivity index (χ3v) is 6.92. The Morgan fingerprint density at radius 2 is 1.68 bits per heavy atom. The molecule has 2 heterocycles. The van der Waals surface area contributed by atoms with E-state index in [2.05, 4.69) is 20.4 Å². The van der Waals surface area contributed by atoms with Crippen LogP contribution in [0.25, 0.3) is 11.5 Å². The molecule has 2 amide bonds. The monoisotopic (exact) mass is 513 g/mol. The highest BCUT2D eigenvalue weighted by molar-refractivity contribution is 7.99. The van der Waals surface area contributed by atoms with Crippen LogP contribution in [-0.2, 0) is 4.79 Å². The molecule has 0 spiro atoms. The Morgan fingerprint density at radius 1 is 0.919 bits per heavy atom. The van der Waals surface area contributed by atoms with Crippen molar-refractivity contribution in [1.29, 1.82) is 0 Å². The van der Waals surface area contributed by atoms with E-state index in [1.807, 2.05) is 90.7 Å². The van der Waals surface area contributed by atoms with E-state index >= 15 is 0 Å². The minimum Gasteiger partial charge on any atom is -0.411 e. The van der Waals surface area contributed by atoms with E-state index < -0.39 is 0 Å². The van der Waals surface area contributed by atoms with Crippen molar-refractivity contribution in [2.45, 2.75) is 12.1 Å². The van der Waals surface area contributed by atoms with Gasteiger partial charge in [0.15, 0.2) is 0 Å². The molecule has 0 aliphatic carbocycles. The van der Waals surface area contributed by atoms with E-state index in [0.717, 1.165) is 41.2 Å². The molecule has 0 unspecified atom stereocenters. The summed E-state index contributed by atoms with van der Waals surface area (Å²) < 4.78 is 5.69. The van der Waals surface area contributed by atoms with Crippen LogP contribution in [0, 0.1) is 6.92 Å². The Morgan fingerprint density at radius 3 is 2.41 bits per heavy atom. The first-order valence-electron chi connectivity index (χ1n) is 12.1. The number of nitrogens with one attached hydrogen (secondary N) is 1. The molecule has 0 bridgehead atoms. The van der Waals surface area contributed by atoms with E-state index in [1.54, 1.807) is 0 Å². The zero-order chi connectivity index (χ0) is 25.6. The van der Waals surface area contributed by atoms with Crippen molar-refractivity contribution in [1.82, 2.24) is 15.1 Å². The van der Waals surface area contributed by atoms with E-state index in [9.17, 15) is 9.59 Å². The number of thioether (sulfide) groups is 1. The molecule has 5 rings (SSSR count). The standard InChI is InChI=1S/C28H27N5O3S/c1-20-6-5-9-22(18-20)26-30-31-28(36-26)37-19-25(34)29-23-10-12-24(13-11-23)32-14-16-33(17-15-32)27(35)21-7-3-2-4-8-21/h2-13,18H,14-17,19H2,1H3,(H,29,34). The van der Waals surface area contributed by atoms with E-state index in [0.29, 0.717) is 24.2 Å². The van der Waals surface area contributed by atoms with Gasteiger partial charge in [0.1, 0.15) is 0 Å². The average Bonchev–Trinajstić information content (AvgIpc) is 3.42. The van der Waals surface area contributed by atoms with Crippen molar-refractivity contribution in [3.63, 3.8) is 0 Å². The number of carbonyl (C=O) groups is 2. The molecule has 1 aromatic heterocycles. The van der Waals surface area contributed by atoms with E-state index in [1.165, 1.54) is 11.8 Å². The van der Waals surface area contributed by atoms with Crippen LogP contribution >= 0.6 is 11.8 Å². The van der Waals surface area contributed by atoms with E-state index in [4.69, 9.17) is 4.42 Å². The largest absolute Gasteiger partial charge is 0.411 e. The number of aryl methyl sites for hydroxylation is 1. The fraction of sp³-hybridized carbons (Fsp3) is 0.214. The summed E-state index contributed by atoms with van der Waals surface area (Å²) >= 11 is 1.20. The van der Waals surface area contributed by atoms with Crippen molar-refractivity contribution in [2.24, 2.45) is 0 Å². The first kappa shape index (κ1) is 24.6. The number of nitrogens with zero attached hydrogens (tertiary/aromatic N) is 4. The highest BCUT2D eigenvalue weighted by Gasteiger charge is 2.22. The van der Waals surface area contributed by atoms with Crippen LogP contribution in [-0.4, -0.2) is 58.8 Å². The van der Waals surface area contributed by atoms with Crippen LogP contribution in [0.5, 0.6) is 0 Å². The van der Waals surface area contributed by atoms with Gasteiger partial charge in [-0.25, -0.2) is 0 Å². The lowest BCUT2D eigenvalue weighted by atomic mass is 10.1. The Hall–Kier alpha value is -4.11. The summed E-state index contributed by atoms with van der Waals surface area (Å²) in [5.74, 6) is 0.519. The average molecular weight is 514 g/mol. The van der Waals surface area contributed by atoms with Crippen LogP contribution in [0.3, 0.4) is 0 Å². The van der Waals surface area contributed by atoms with Crippen molar-refractivity contribution in [2.75, 3.05) is 42.1 Å². The fourth-order valence-electron chi connectivity index (χ4n) is 4.17. The molecule has 3 aromatic carbocycles. The minimum absolute atomic E-state index is 0.0723. The highest BCUT2D eigenvalue weighted by Crippen LogP contribution is 2.24. The Bertz CT molecular complexity index is 1370. The summed E-state index contributed by atoms with van der Waals surface area (Å²) in [5.41, 5.74) is 4.47. The summed E-state index contributed by atoms with van der Waals surface area (Å²) in [6.07, 6.45) is 0. The summed E-state index contributed by atoms with van der Waals surface area (Å²) in [4.78, 5) is 29.2. The maximum absolute atomic E-state index is 12.7. The van der Waals surface area contributed by atoms with Crippen LogP contribution < -0.4 is 10.2 Å². The molecule has 1 aliphatic heterocycles. The molecule has 1 saturated heterocycles. The number of piperazine rings is 1. The second-order valence-corrected chi connectivity index (χ2v) is 9.70. The molecule has 37 heavy (non-hydrogen) atoms. The van der Waals surface area contributed by atoms with Crippen molar-refractivity contribution >= 4 is 35.0 Å². The van der Waals surface area contributed by atoms with Gasteiger partial charge in [0, 0.05) is 48.7 Å². The third-order valence-electron chi connectivity index (χ3n) is 6.10. The van der Waals surface area contributed by atoms with Gasteiger partial charge in [-0.15, -0.1) is 10.2 Å². The molecular weight excluding hydrogens is 486 g/mol. The fourth-order valence-corrected chi connectivity index (χ4v) is 4.74. The van der Waals surface area contributed by atoms with E-state index in [-0.39, 0.29) is 17.6 Å². The molecule has 8 nitrogen and oxygen atoms in total. The van der Waals surface area contributed by atoms with Crippen LogP contribution in [0.15, 0.2) is 88.5 Å². The van der Waals surface area contributed by atoms with Crippen LogP contribution in [0.4, 0.5) is 11.4 Å². The van der Waals surface area contributed by atoms with Crippen LogP contribution in [0.1, 0.15) is 15.9 Å². The van der Waals surface area contributed by atoms with Gasteiger partial charge in [0.2, 0.25) is 11.8 Å². The van der Waals surface area contributed by atoms with Crippen molar-refractivity contribution < 1.29 is 14.0 Å². The first-order valence-corrected chi connectivity index (χ1v) is 13.1. The number of amides is 2. The number of rotatable bonds is 7. The lowest BCUT2D eigenvalue weighted by molar-refractivity contribution is -0.113. The topological polar surface area (TPSA) is 91.6 Å². The smallest absolute Gasteiger partial charge is 0.277 e. The van der Waals surface area contributed by atoms with Gasteiger partial charge >= 0.3 is 0 Å². The number of aromatic nitrogens is 2. The summed E-state index contributed by atoms with van der Waals surface area (Å²) in [7, 11) is 0. The van der Waals surface area contributed by atoms with Gasteiger partial charge in [-0.1, -0.05) is 47.7 Å². The minimum atomic E-state index is -0.152. The molecule has 1 aliphatic rings. The lowest BCUT2D eigenvalue weighted by Crippen LogP contribution is -2.48. The number of hydrogen-bond donors (Lipinski definition) is 1. The quantitative estimate of drug-likeness (QED) is 0.357. The SMILES string of the molecule is Cc1cccc(-c2nnc(SCC(=O)Nc3ccc(N4CCN(C(=O)c5ccccc5)CC4)cc3)o2)c1. The summed E-state index contributed by atoms with van der Waals surface area (Å²) in [5, 5.41) is 11.4. The normalized spacial score (nSPS) is 13.4. The second-order valence-electron chi connectivity index (χ2n) is 8.77. The van der Waals surface area contributed by atoms with Gasteiger partial charge in [-0.3, -0.25) is 9.59 Å². The second kappa shape index (κ2) is 11.3. The number of hydrogen-bond acceptors (Lipinski definition) is 7. The zero-order valence-corrected chi connectivity index (χ0v) is 21.3. The molecule has 188 valence electrons. The molecule has 0 atom stereocenters. The number of anilines is 2. The predicted molar refractivity (Wildman–Crippen MR) is 145 cm³/mol. The molecule has 4 aromatic rings. The molecule has 9 heteroatoms. The Balaban J connectivity index is 1.09. The summed E-state index contributed by atoms with van der Waals surface area (Å²) in [6, 6.07) is 25.0. The zero-order valence-electron chi connectivity index (χ0n) is 20.5. The molecule has 0 saturated carbocycles. The molecular formula is C28H27N5O3S. The van der Waals surface area contributed by atoms with Gasteiger partial charge < -0.3 is 19.5 Å². The van der Waals surface area contributed by atoms with Gasteiger partial charge in [-0.05, 0) is 55.5 Å².